The Bertz CT molecular complexity index is 316. The molecular weight excluding hydrogens is 242 g/mol. The highest BCUT2D eigenvalue weighted by atomic mass is 79.9. The first-order chi connectivity index (χ1) is 6.81. The van der Waals surface area contributed by atoms with Gasteiger partial charge in [0.05, 0.1) is 0 Å². The number of hydrogen-bond acceptors (Lipinski definition) is 2. The number of hydrogen-bond donors (Lipinski definition) is 2. The van der Waals surface area contributed by atoms with Crippen molar-refractivity contribution < 1.29 is 5.11 Å². The molecular formula is C11H14BrNO. The van der Waals surface area contributed by atoms with Crippen LogP contribution in [0.5, 0.6) is 0 Å². The van der Waals surface area contributed by atoms with Gasteiger partial charge in [-0.2, -0.15) is 0 Å². The maximum absolute atomic E-state index is 9.22. The highest BCUT2D eigenvalue weighted by molar-refractivity contribution is 9.10. The molecule has 0 radical (unpaired) electrons. The van der Waals surface area contributed by atoms with Crippen LogP contribution in [-0.2, 0) is 0 Å². The van der Waals surface area contributed by atoms with E-state index in [4.69, 9.17) is 0 Å². The molecule has 1 aliphatic rings. The zero-order valence-corrected chi connectivity index (χ0v) is 9.50. The van der Waals surface area contributed by atoms with E-state index in [9.17, 15) is 5.11 Å². The van der Waals surface area contributed by atoms with Crippen molar-refractivity contribution in [3.8, 4) is 0 Å². The number of halogens is 1. The summed E-state index contributed by atoms with van der Waals surface area (Å²) in [7, 11) is 0. The van der Waals surface area contributed by atoms with Gasteiger partial charge in [-0.05, 0) is 17.7 Å². The van der Waals surface area contributed by atoms with Crippen molar-refractivity contribution in [3.05, 3.63) is 34.3 Å². The van der Waals surface area contributed by atoms with Crippen LogP contribution in [-0.4, -0.2) is 24.8 Å². The van der Waals surface area contributed by atoms with Gasteiger partial charge in [-0.15, -0.1) is 0 Å². The van der Waals surface area contributed by atoms with Crippen molar-refractivity contribution in [2.24, 2.45) is 5.92 Å². The van der Waals surface area contributed by atoms with Gasteiger partial charge in [0.25, 0.3) is 0 Å². The molecule has 0 saturated carbocycles. The first-order valence-electron chi connectivity index (χ1n) is 4.88. The summed E-state index contributed by atoms with van der Waals surface area (Å²) in [6.07, 6.45) is 0. The number of aliphatic hydroxyl groups is 1. The maximum Gasteiger partial charge on any atom is 0.0477 e. The monoisotopic (exact) mass is 255 g/mol. The van der Waals surface area contributed by atoms with Crippen LogP contribution in [0.2, 0.25) is 0 Å². The third kappa shape index (κ3) is 2.00. The Morgan fingerprint density at radius 1 is 1.43 bits per heavy atom. The van der Waals surface area contributed by atoms with E-state index in [1.54, 1.807) is 0 Å². The van der Waals surface area contributed by atoms with E-state index in [2.05, 4.69) is 33.4 Å². The second-order valence-corrected chi connectivity index (χ2v) is 4.68. The van der Waals surface area contributed by atoms with Crippen LogP contribution in [0.1, 0.15) is 11.5 Å². The zero-order chi connectivity index (χ0) is 9.97. The Morgan fingerprint density at radius 3 is 3.00 bits per heavy atom. The van der Waals surface area contributed by atoms with Gasteiger partial charge >= 0.3 is 0 Å². The van der Waals surface area contributed by atoms with E-state index in [0.29, 0.717) is 11.8 Å². The third-order valence-corrected chi connectivity index (χ3v) is 3.34. The van der Waals surface area contributed by atoms with Crippen LogP contribution in [0.15, 0.2) is 28.7 Å². The lowest BCUT2D eigenvalue weighted by Gasteiger charge is -2.16. The van der Waals surface area contributed by atoms with Crippen LogP contribution < -0.4 is 5.32 Å². The molecule has 0 bridgehead atoms. The first kappa shape index (κ1) is 10.1. The minimum Gasteiger partial charge on any atom is -0.396 e. The Hall–Kier alpha value is -0.380. The molecule has 1 heterocycles. The van der Waals surface area contributed by atoms with Gasteiger partial charge < -0.3 is 10.4 Å². The summed E-state index contributed by atoms with van der Waals surface area (Å²) >= 11 is 3.47. The fourth-order valence-corrected chi connectivity index (χ4v) is 2.47. The molecule has 1 fully saturated rings. The van der Waals surface area contributed by atoms with Gasteiger partial charge in [-0.3, -0.25) is 0 Å². The molecule has 76 valence electrons. The van der Waals surface area contributed by atoms with Crippen molar-refractivity contribution >= 4 is 15.9 Å². The molecule has 1 saturated heterocycles. The van der Waals surface area contributed by atoms with Crippen molar-refractivity contribution in [1.29, 1.82) is 0 Å². The molecule has 1 aliphatic heterocycles. The molecule has 2 N–H and O–H groups in total. The minimum atomic E-state index is 0.268. The smallest absolute Gasteiger partial charge is 0.0477 e. The third-order valence-electron chi connectivity index (χ3n) is 2.85. The van der Waals surface area contributed by atoms with Crippen LogP contribution >= 0.6 is 15.9 Å². The lowest BCUT2D eigenvalue weighted by Crippen LogP contribution is -2.14. The Morgan fingerprint density at radius 2 is 2.29 bits per heavy atom. The van der Waals surface area contributed by atoms with Crippen LogP contribution in [0.3, 0.4) is 0 Å². The van der Waals surface area contributed by atoms with E-state index in [1.807, 2.05) is 12.1 Å². The fraction of sp³-hybridized carbons (Fsp3) is 0.455. The summed E-state index contributed by atoms with van der Waals surface area (Å²) in [5.74, 6) is 0.821. The van der Waals surface area contributed by atoms with Crippen LogP contribution in [0.4, 0.5) is 0 Å². The summed E-state index contributed by atoms with van der Waals surface area (Å²) in [4.78, 5) is 0. The topological polar surface area (TPSA) is 32.3 Å². The lowest BCUT2D eigenvalue weighted by atomic mass is 9.90. The molecule has 0 aliphatic carbocycles. The Balaban J connectivity index is 2.21. The Labute approximate surface area is 92.5 Å². The second kappa shape index (κ2) is 4.43. The lowest BCUT2D eigenvalue weighted by molar-refractivity contribution is 0.226. The second-order valence-electron chi connectivity index (χ2n) is 3.76. The summed E-state index contributed by atoms with van der Waals surface area (Å²) in [6.45, 7) is 2.17. The normalized spacial score (nSPS) is 26.7. The van der Waals surface area contributed by atoms with E-state index in [0.717, 1.165) is 17.6 Å². The fourth-order valence-electron chi connectivity index (χ4n) is 2.05. The van der Waals surface area contributed by atoms with E-state index >= 15 is 0 Å². The highest BCUT2D eigenvalue weighted by Gasteiger charge is 2.27. The van der Waals surface area contributed by atoms with Gasteiger partial charge in [0.1, 0.15) is 0 Å². The summed E-state index contributed by atoms with van der Waals surface area (Å²) in [6, 6.07) is 8.34. The molecule has 0 amide bonds. The number of aliphatic hydroxyl groups excluding tert-OH is 1. The molecule has 3 heteroatoms. The standard InChI is InChI=1S/C11H14BrNO/c12-10-3-1-2-8(4-10)11-6-13-5-9(11)7-14/h1-4,9,11,13-14H,5-7H2/t9-,11-/m1/s1. The predicted octanol–water partition coefficient (Wildman–Crippen LogP) is 1.74. The quantitative estimate of drug-likeness (QED) is 0.844. The van der Waals surface area contributed by atoms with Gasteiger partial charge in [0.2, 0.25) is 0 Å². The molecule has 14 heavy (non-hydrogen) atoms. The molecule has 1 aromatic rings. The minimum absolute atomic E-state index is 0.268. The average molecular weight is 256 g/mol. The molecule has 1 aromatic carbocycles. The number of nitrogens with one attached hydrogen (secondary N) is 1. The summed E-state index contributed by atoms with van der Waals surface area (Å²) in [5.41, 5.74) is 1.31. The largest absolute Gasteiger partial charge is 0.396 e. The molecule has 0 spiro atoms. The number of benzene rings is 1. The maximum atomic E-state index is 9.22. The average Bonchev–Trinajstić information content (AvgIpc) is 2.65. The van der Waals surface area contributed by atoms with Crippen LogP contribution in [0.25, 0.3) is 0 Å². The zero-order valence-electron chi connectivity index (χ0n) is 7.91. The van der Waals surface area contributed by atoms with Crippen molar-refractivity contribution in [2.75, 3.05) is 19.7 Å². The van der Waals surface area contributed by atoms with Gasteiger partial charge in [0, 0.05) is 36.0 Å². The summed E-state index contributed by atoms with van der Waals surface area (Å²) < 4.78 is 1.11. The van der Waals surface area contributed by atoms with Crippen molar-refractivity contribution in [2.45, 2.75) is 5.92 Å². The van der Waals surface area contributed by atoms with Crippen LogP contribution in [0, 0.1) is 5.92 Å². The molecule has 2 rings (SSSR count). The van der Waals surface area contributed by atoms with Crippen molar-refractivity contribution in [1.82, 2.24) is 5.32 Å². The van der Waals surface area contributed by atoms with E-state index in [-0.39, 0.29) is 6.61 Å². The Kier molecular flexibility index (Phi) is 3.21. The van der Waals surface area contributed by atoms with Crippen molar-refractivity contribution in [3.63, 3.8) is 0 Å². The van der Waals surface area contributed by atoms with Gasteiger partial charge in [-0.25, -0.2) is 0 Å². The highest BCUT2D eigenvalue weighted by Crippen LogP contribution is 2.29. The van der Waals surface area contributed by atoms with Gasteiger partial charge in [-0.1, -0.05) is 28.1 Å². The first-order valence-corrected chi connectivity index (χ1v) is 5.67. The molecule has 0 unspecified atom stereocenters. The summed E-state index contributed by atoms with van der Waals surface area (Å²) in [5, 5.41) is 12.5. The predicted molar refractivity (Wildman–Crippen MR) is 60.3 cm³/mol. The number of rotatable bonds is 2. The molecule has 2 atom stereocenters. The van der Waals surface area contributed by atoms with Gasteiger partial charge in [0.15, 0.2) is 0 Å². The SMILES string of the molecule is OC[C@H]1CNC[C@@H]1c1cccc(Br)c1. The molecule has 0 aromatic heterocycles. The molecule has 2 nitrogen and oxygen atoms in total. The van der Waals surface area contributed by atoms with E-state index < -0.39 is 0 Å². The van der Waals surface area contributed by atoms with E-state index in [1.165, 1.54) is 5.56 Å².